The molecule has 0 unspecified atom stereocenters. The van der Waals surface area contributed by atoms with E-state index in [0.717, 1.165) is 21.8 Å². The number of imidazole rings is 1. The molecule has 0 spiro atoms. The van der Waals surface area contributed by atoms with Crippen molar-refractivity contribution in [1.82, 2.24) is 15.0 Å². The van der Waals surface area contributed by atoms with Crippen LogP contribution in [0, 0.1) is 5.82 Å². The molecule has 1 heterocycles. The zero-order valence-electron chi connectivity index (χ0n) is 16.3. The molecule has 3 aromatic carbocycles. The molecule has 1 amide bonds. The summed E-state index contributed by atoms with van der Waals surface area (Å²) in [5.41, 5.74) is 5.98. The lowest BCUT2D eigenvalue weighted by atomic mass is 10.2. The summed E-state index contributed by atoms with van der Waals surface area (Å²) in [7, 11) is 0. The molecule has 31 heavy (non-hydrogen) atoms. The standard InChI is InChI=1S/C23H18ClFN4OS/c24-19-6-2-1-5-17(19)14-29-21-8-4-3-7-20(21)27-23(29)31-15-22(30)28-26-13-16-9-11-18(25)12-10-16/h1-13H,14-15H2,(H,28,30)/b26-13-. The number of para-hydroxylation sites is 2. The second kappa shape index (κ2) is 9.76. The molecule has 0 saturated carbocycles. The third-order valence-electron chi connectivity index (χ3n) is 4.51. The van der Waals surface area contributed by atoms with Gasteiger partial charge in [0.2, 0.25) is 0 Å². The van der Waals surface area contributed by atoms with Gasteiger partial charge in [0, 0.05) is 5.02 Å². The Kier molecular flexibility index (Phi) is 6.64. The number of halogens is 2. The number of amides is 1. The van der Waals surface area contributed by atoms with E-state index in [4.69, 9.17) is 11.6 Å². The molecule has 4 aromatic rings. The molecule has 0 fully saturated rings. The third kappa shape index (κ3) is 5.31. The van der Waals surface area contributed by atoms with Gasteiger partial charge in [-0.1, -0.05) is 65.8 Å². The molecule has 0 aliphatic carbocycles. The Morgan fingerprint density at radius 3 is 2.65 bits per heavy atom. The van der Waals surface area contributed by atoms with Crippen LogP contribution in [0.3, 0.4) is 0 Å². The first-order chi connectivity index (χ1) is 15.1. The van der Waals surface area contributed by atoms with Gasteiger partial charge in [-0.3, -0.25) is 4.79 Å². The van der Waals surface area contributed by atoms with Crippen molar-refractivity contribution < 1.29 is 9.18 Å². The first kappa shape index (κ1) is 21.1. The highest BCUT2D eigenvalue weighted by Gasteiger charge is 2.14. The number of fused-ring (bicyclic) bond motifs is 1. The second-order valence-electron chi connectivity index (χ2n) is 6.69. The van der Waals surface area contributed by atoms with Crippen LogP contribution in [0.1, 0.15) is 11.1 Å². The van der Waals surface area contributed by atoms with Crippen LogP contribution in [-0.2, 0) is 11.3 Å². The summed E-state index contributed by atoms with van der Waals surface area (Å²) in [6.45, 7) is 0.548. The number of carbonyl (C=O) groups is 1. The topological polar surface area (TPSA) is 59.3 Å². The summed E-state index contributed by atoms with van der Waals surface area (Å²) < 4.78 is 15.0. The van der Waals surface area contributed by atoms with Crippen molar-refractivity contribution in [2.75, 3.05) is 5.75 Å². The van der Waals surface area contributed by atoms with Crippen molar-refractivity contribution in [3.63, 3.8) is 0 Å². The van der Waals surface area contributed by atoms with E-state index in [-0.39, 0.29) is 17.5 Å². The number of nitrogens with one attached hydrogen (secondary N) is 1. The van der Waals surface area contributed by atoms with Gasteiger partial charge in [0.05, 0.1) is 29.5 Å². The van der Waals surface area contributed by atoms with Gasteiger partial charge in [0.25, 0.3) is 5.91 Å². The Labute approximate surface area is 187 Å². The molecule has 4 rings (SSSR count). The highest BCUT2D eigenvalue weighted by molar-refractivity contribution is 7.99. The number of hydrazone groups is 1. The van der Waals surface area contributed by atoms with E-state index in [9.17, 15) is 9.18 Å². The molecule has 0 atom stereocenters. The smallest absolute Gasteiger partial charge is 0.250 e. The fourth-order valence-electron chi connectivity index (χ4n) is 3.00. The summed E-state index contributed by atoms with van der Waals surface area (Å²) in [5.74, 6) is -0.441. The first-order valence-corrected chi connectivity index (χ1v) is 10.9. The molecular formula is C23H18ClFN4OS. The van der Waals surface area contributed by atoms with Gasteiger partial charge in [-0.25, -0.2) is 14.8 Å². The molecule has 8 heteroatoms. The highest BCUT2D eigenvalue weighted by Crippen LogP contribution is 2.27. The van der Waals surface area contributed by atoms with E-state index in [1.54, 1.807) is 12.1 Å². The number of benzene rings is 3. The van der Waals surface area contributed by atoms with Crippen molar-refractivity contribution >= 4 is 46.5 Å². The van der Waals surface area contributed by atoms with Gasteiger partial charge in [-0.2, -0.15) is 5.10 Å². The molecule has 1 N–H and O–H groups in total. The number of hydrogen-bond donors (Lipinski definition) is 1. The zero-order chi connectivity index (χ0) is 21.6. The van der Waals surface area contributed by atoms with E-state index >= 15 is 0 Å². The van der Waals surface area contributed by atoms with Crippen LogP contribution < -0.4 is 5.43 Å². The van der Waals surface area contributed by atoms with Crippen LogP contribution in [0.4, 0.5) is 4.39 Å². The summed E-state index contributed by atoms with van der Waals surface area (Å²) in [5, 5.41) is 5.33. The van der Waals surface area contributed by atoms with Gasteiger partial charge in [0.15, 0.2) is 5.16 Å². The van der Waals surface area contributed by atoms with Crippen molar-refractivity contribution in [3.05, 3.63) is 94.8 Å². The van der Waals surface area contributed by atoms with Gasteiger partial charge in [-0.05, 0) is 41.5 Å². The van der Waals surface area contributed by atoms with Crippen LogP contribution in [-0.4, -0.2) is 27.4 Å². The lowest BCUT2D eigenvalue weighted by Crippen LogP contribution is -2.20. The molecule has 0 bridgehead atoms. The molecule has 156 valence electrons. The Bertz CT molecular complexity index is 1240. The minimum Gasteiger partial charge on any atom is -0.314 e. The van der Waals surface area contributed by atoms with Crippen LogP contribution in [0.25, 0.3) is 11.0 Å². The van der Waals surface area contributed by atoms with Crippen molar-refractivity contribution in [3.8, 4) is 0 Å². The average molecular weight is 453 g/mol. The Morgan fingerprint density at radius 1 is 1.10 bits per heavy atom. The predicted molar refractivity (Wildman–Crippen MR) is 123 cm³/mol. The Balaban J connectivity index is 1.46. The highest BCUT2D eigenvalue weighted by atomic mass is 35.5. The van der Waals surface area contributed by atoms with Crippen LogP contribution in [0.15, 0.2) is 83.1 Å². The molecule has 0 saturated heterocycles. The number of carbonyl (C=O) groups excluding carboxylic acids is 1. The van der Waals surface area contributed by atoms with Gasteiger partial charge < -0.3 is 4.57 Å². The number of rotatable bonds is 7. The molecule has 0 radical (unpaired) electrons. The van der Waals surface area contributed by atoms with Gasteiger partial charge >= 0.3 is 0 Å². The summed E-state index contributed by atoms with van der Waals surface area (Å²) in [4.78, 5) is 16.9. The summed E-state index contributed by atoms with van der Waals surface area (Å²) >= 11 is 7.67. The minimum absolute atomic E-state index is 0.145. The van der Waals surface area contributed by atoms with Gasteiger partial charge in [-0.15, -0.1) is 0 Å². The largest absolute Gasteiger partial charge is 0.314 e. The van der Waals surface area contributed by atoms with Crippen LogP contribution in [0.5, 0.6) is 0 Å². The van der Waals surface area contributed by atoms with Crippen LogP contribution >= 0.6 is 23.4 Å². The normalized spacial score (nSPS) is 11.3. The summed E-state index contributed by atoms with van der Waals surface area (Å²) in [6, 6.07) is 21.3. The Hall–Kier alpha value is -3.16. The monoisotopic (exact) mass is 452 g/mol. The SMILES string of the molecule is O=C(CSc1nc2ccccc2n1Cc1ccccc1Cl)N/N=C\c1ccc(F)cc1. The zero-order valence-corrected chi connectivity index (χ0v) is 17.9. The lowest BCUT2D eigenvalue weighted by Gasteiger charge is -2.10. The van der Waals surface area contributed by atoms with Crippen molar-refractivity contribution in [2.24, 2.45) is 5.10 Å². The van der Waals surface area contributed by atoms with Crippen molar-refractivity contribution in [2.45, 2.75) is 11.7 Å². The van der Waals surface area contributed by atoms with E-state index in [1.165, 1.54) is 30.1 Å². The number of aromatic nitrogens is 2. The van der Waals surface area contributed by atoms with Crippen molar-refractivity contribution in [1.29, 1.82) is 0 Å². The molecule has 1 aromatic heterocycles. The maximum atomic E-state index is 12.9. The quantitative estimate of drug-likeness (QED) is 0.240. The fourth-order valence-corrected chi connectivity index (χ4v) is 4.01. The Morgan fingerprint density at radius 2 is 1.84 bits per heavy atom. The average Bonchev–Trinajstić information content (AvgIpc) is 3.13. The maximum Gasteiger partial charge on any atom is 0.250 e. The van der Waals surface area contributed by atoms with Crippen LogP contribution in [0.2, 0.25) is 5.02 Å². The fraction of sp³-hybridized carbons (Fsp3) is 0.0870. The summed E-state index contributed by atoms with van der Waals surface area (Å²) in [6.07, 6.45) is 1.47. The van der Waals surface area contributed by atoms with Gasteiger partial charge in [0.1, 0.15) is 5.82 Å². The number of hydrogen-bond acceptors (Lipinski definition) is 4. The predicted octanol–water partition coefficient (Wildman–Crippen LogP) is 5.12. The van der Waals surface area contributed by atoms with E-state index < -0.39 is 0 Å². The lowest BCUT2D eigenvalue weighted by molar-refractivity contribution is -0.118. The van der Waals surface area contributed by atoms with E-state index in [0.29, 0.717) is 17.1 Å². The molecule has 5 nitrogen and oxygen atoms in total. The number of thioether (sulfide) groups is 1. The minimum atomic E-state index is -0.322. The second-order valence-corrected chi connectivity index (χ2v) is 8.04. The maximum absolute atomic E-state index is 12.9. The number of nitrogens with zero attached hydrogens (tertiary/aromatic N) is 3. The molecule has 0 aliphatic heterocycles. The van der Waals surface area contributed by atoms with E-state index in [2.05, 4.69) is 20.1 Å². The third-order valence-corrected chi connectivity index (χ3v) is 5.86. The first-order valence-electron chi connectivity index (χ1n) is 9.49. The molecule has 0 aliphatic rings. The molecular weight excluding hydrogens is 435 g/mol. The van der Waals surface area contributed by atoms with E-state index in [1.807, 2.05) is 48.5 Å².